The number of aromatic nitrogens is 1. The van der Waals surface area contributed by atoms with Gasteiger partial charge in [0.25, 0.3) is 5.91 Å². The number of carbonyl (C=O) groups is 1. The lowest BCUT2D eigenvalue weighted by atomic mass is 10.1. The standard InChI is InChI=1S/C22H25N3O3/c26-22(18-15-21(28-24-18)17-9-4-3-5-10-17)23-16-19(20-11-8-14-27-20)25-12-6-1-2-7-13-25/h3-5,8-11,14-15,19H,1-2,6-7,12-13,16H2,(H,23,26)/t19-/m0/s1. The average Bonchev–Trinajstić information content (AvgIpc) is 3.37. The quantitative estimate of drug-likeness (QED) is 0.692. The molecule has 4 rings (SSSR count). The van der Waals surface area contributed by atoms with Crippen molar-refractivity contribution in [3.05, 3.63) is 66.2 Å². The van der Waals surface area contributed by atoms with Crippen LogP contribution in [0.15, 0.2) is 63.7 Å². The first-order valence-corrected chi connectivity index (χ1v) is 9.89. The maximum atomic E-state index is 12.6. The van der Waals surface area contributed by atoms with Crippen LogP contribution in [-0.4, -0.2) is 35.6 Å². The first-order valence-electron chi connectivity index (χ1n) is 9.89. The maximum absolute atomic E-state index is 12.6. The fourth-order valence-corrected chi connectivity index (χ4v) is 3.70. The van der Waals surface area contributed by atoms with Gasteiger partial charge in [-0.25, -0.2) is 0 Å². The van der Waals surface area contributed by atoms with Gasteiger partial charge in [-0.05, 0) is 38.1 Å². The second-order valence-corrected chi connectivity index (χ2v) is 7.13. The highest BCUT2D eigenvalue weighted by atomic mass is 16.5. The van der Waals surface area contributed by atoms with Crippen molar-refractivity contribution >= 4 is 5.91 Å². The van der Waals surface area contributed by atoms with Gasteiger partial charge in [-0.3, -0.25) is 9.69 Å². The minimum Gasteiger partial charge on any atom is -0.468 e. The number of benzene rings is 1. The van der Waals surface area contributed by atoms with Gasteiger partial charge in [0, 0.05) is 18.2 Å². The summed E-state index contributed by atoms with van der Waals surface area (Å²) in [6.45, 7) is 2.51. The first kappa shape index (κ1) is 18.5. The third-order valence-electron chi connectivity index (χ3n) is 5.21. The van der Waals surface area contributed by atoms with Crippen LogP contribution in [0.3, 0.4) is 0 Å². The molecule has 3 aromatic rings. The number of nitrogens with one attached hydrogen (secondary N) is 1. The van der Waals surface area contributed by atoms with Gasteiger partial charge in [-0.2, -0.15) is 0 Å². The minimum absolute atomic E-state index is 0.0255. The van der Waals surface area contributed by atoms with Crippen molar-refractivity contribution in [2.45, 2.75) is 31.7 Å². The number of rotatable bonds is 6. The van der Waals surface area contributed by atoms with Crippen LogP contribution in [0.5, 0.6) is 0 Å². The molecular weight excluding hydrogens is 354 g/mol. The van der Waals surface area contributed by atoms with E-state index >= 15 is 0 Å². The van der Waals surface area contributed by atoms with Crippen molar-refractivity contribution < 1.29 is 13.7 Å². The van der Waals surface area contributed by atoms with Gasteiger partial charge in [0.15, 0.2) is 11.5 Å². The van der Waals surface area contributed by atoms with Gasteiger partial charge in [0.2, 0.25) is 0 Å². The molecule has 1 atom stereocenters. The zero-order valence-corrected chi connectivity index (χ0v) is 15.8. The number of carbonyl (C=O) groups excluding carboxylic acids is 1. The van der Waals surface area contributed by atoms with Crippen molar-refractivity contribution in [1.82, 2.24) is 15.4 Å². The molecule has 1 aromatic carbocycles. The highest BCUT2D eigenvalue weighted by molar-refractivity contribution is 5.93. The van der Waals surface area contributed by atoms with E-state index in [0.717, 1.165) is 24.4 Å². The minimum atomic E-state index is -0.239. The van der Waals surface area contributed by atoms with Crippen LogP contribution in [0, 0.1) is 0 Å². The summed E-state index contributed by atoms with van der Waals surface area (Å²) in [5.41, 5.74) is 1.18. The Kier molecular flexibility index (Phi) is 5.87. The monoisotopic (exact) mass is 379 g/mol. The number of likely N-dealkylation sites (tertiary alicyclic amines) is 1. The Balaban J connectivity index is 1.43. The van der Waals surface area contributed by atoms with Crippen LogP contribution in [-0.2, 0) is 0 Å². The van der Waals surface area contributed by atoms with Crippen LogP contribution >= 0.6 is 0 Å². The molecule has 0 aliphatic carbocycles. The molecule has 6 heteroatoms. The second-order valence-electron chi connectivity index (χ2n) is 7.13. The summed E-state index contributed by atoms with van der Waals surface area (Å²) in [7, 11) is 0. The van der Waals surface area contributed by atoms with Crippen molar-refractivity contribution in [2.24, 2.45) is 0 Å². The number of hydrogen-bond donors (Lipinski definition) is 1. The maximum Gasteiger partial charge on any atom is 0.273 e. The molecule has 3 heterocycles. The lowest BCUT2D eigenvalue weighted by molar-refractivity contribution is 0.0918. The fraction of sp³-hybridized carbons (Fsp3) is 0.364. The molecule has 0 bridgehead atoms. The number of furan rings is 1. The van der Waals surface area contributed by atoms with Gasteiger partial charge >= 0.3 is 0 Å². The molecule has 0 saturated carbocycles. The second kappa shape index (κ2) is 8.89. The Bertz CT molecular complexity index is 866. The summed E-state index contributed by atoms with van der Waals surface area (Å²) in [5.74, 6) is 1.23. The van der Waals surface area contributed by atoms with Gasteiger partial charge < -0.3 is 14.3 Å². The molecular formula is C22H25N3O3. The van der Waals surface area contributed by atoms with Crippen molar-refractivity contribution in [3.8, 4) is 11.3 Å². The topological polar surface area (TPSA) is 71.5 Å². The molecule has 146 valence electrons. The zero-order valence-electron chi connectivity index (χ0n) is 15.8. The molecule has 1 aliphatic rings. The van der Waals surface area contributed by atoms with Crippen LogP contribution in [0.1, 0.15) is 48.0 Å². The molecule has 1 amide bonds. The summed E-state index contributed by atoms with van der Waals surface area (Å²) < 4.78 is 11.0. The summed E-state index contributed by atoms with van der Waals surface area (Å²) in [5, 5.41) is 6.94. The van der Waals surface area contributed by atoms with E-state index in [1.54, 1.807) is 12.3 Å². The number of hydrogen-bond acceptors (Lipinski definition) is 5. The van der Waals surface area contributed by atoms with E-state index in [-0.39, 0.29) is 17.6 Å². The lowest BCUT2D eigenvalue weighted by Crippen LogP contribution is -2.38. The van der Waals surface area contributed by atoms with Gasteiger partial charge in [0.05, 0.1) is 12.3 Å². The Hall–Kier alpha value is -2.86. The van der Waals surface area contributed by atoms with Crippen molar-refractivity contribution in [1.29, 1.82) is 0 Å². The molecule has 2 aromatic heterocycles. The Morgan fingerprint density at radius 3 is 2.57 bits per heavy atom. The summed E-state index contributed by atoms with van der Waals surface area (Å²) in [6, 6.07) is 15.2. The van der Waals surface area contributed by atoms with E-state index in [0.29, 0.717) is 12.3 Å². The molecule has 0 unspecified atom stereocenters. The Labute approximate surface area is 164 Å². The number of amides is 1. The molecule has 0 spiro atoms. The lowest BCUT2D eigenvalue weighted by Gasteiger charge is -2.29. The highest BCUT2D eigenvalue weighted by Gasteiger charge is 2.25. The van der Waals surface area contributed by atoms with Crippen molar-refractivity contribution in [3.63, 3.8) is 0 Å². The normalized spacial score (nSPS) is 16.4. The van der Waals surface area contributed by atoms with Crippen LogP contribution in [0.2, 0.25) is 0 Å². The predicted octanol–water partition coefficient (Wildman–Crippen LogP) is 4.28. The van der Waals surface area contributed by atoms with E-state index < -0.39 is 0 Å². The van der Waals surface area contributed by atoms with Gasteiger partial charge in [-0.15, -0.1) is 0 Å². The number of nitrogens with zero attached hydrogens (tertiary/aromatic N) is 2. The van der Waals surface area contributed by atoms with Crippen LogP contribution in [0.25, 0.3) is 11.3 Å². The first-order chi connectivity index (χ1) is 13.8. The molecule has 1 fully saturated rings. The molecule has 28 heavy (non-hydrogen) atoms. The molecule has 1 saturated heterocycles. The van der Waals surface area contributed by atoms with Gasteiger partial charge in [0.1, 0.15) is 5.76 Å². The van der Waals surface area contributed by atoms with E-state index in [2.05, 4.69) is 15.4 Å². The van der Waals surface area contributed by atoms with Gasteiger partial charge in [-0.1, -0.05) is 48.3 Å². The third kappa shape index (κ3) is 4.34. The highest BCUT2D eigenvalue weighted by Crippen LogP contribution is 2.24. The SMILES string of the molecule is O=C(NC[C@@H](c1ccco1)N1CCCCCC1)c1cc(-c2ccccc2)on1. The van der Waals surface area contributed by atoms with Crippen LogP contribution in [0.4, 0.5) is 0 Å². The fourth-order valence-electron chi connectivity index (χ4n) is 3.70. The average molecular weight is 379 g/mol. The van der Waals surface area contributed by atoms with E-state index in [4.69, 9.17) is 8.94 Å². The molecule has 0 radical (unpaired) electrons. The Morgan fingerprint density at radius 1 is 1.07 bits per heavy atom. The largest absolute Gasteiger partial charge is 0.468 e. The van der Waals surface area contributed by atoms with E-state index in [1.165, 1.54) is 25.7 Å². The summed E-state index contributed by atoms with van der Waals surface area (Å²) in [4.78, 5) is 15.0. The molecule has 6 nitrogen and oxygen atoms in total. The third-order valence-corrected chi connectivity index (χ3v) is 5.21. The zero-order chi connectivity index (χ0) is 19.2. The smallest absolute Gasteiger partial charge is 0.273 e. The predicted molar refractivity (Wildman–Crippen MR) is 106 cm³/mol. The molecule has 1 N–H and O–H groups in total. The van der Waals surface area contributed by atoms with E-state index in [1.807, 2.05) is 42.5 Å². The summed E-state index contributed by atoms with van der Waals surface area (Å²) in [6.07, 6.45) is 6.55. The van der Waals surface area contributed by atoms with Crippen LogP contribution < -0.4 is 5.32 Å². The van der Waals surface area contributed by atoms with E-state index in [9.17, 15) is 4.79 Å². The Morgan fingerprint density at radius 2 is 1.86 bits per heavy atom. The molecule has 1 aliphatic heterocycles. The van der Waals surface area contributed by atoms with Crippen molar-refractivity contribution in [2.75, 3.05) is 19.6 Å². The summed E-state index contributed by atoms with van der Waals surface area (Å²) >= 11 is 0.